The van der Waals surface area contributed by atoms with Crippen molar-refractivity contribution in [3.63, 3.8) is 0 Å². The van der Waals surface area contributed by atoms with Gasteiger partial charge in [-0.25, -0.2) is 0 Å². The van der Waals surface area contributed by atoms with Crippen LogP contribution in [-0.2, 0) is 11.3 Å². The minimum atomic E-state index is 0.108. The van der Waals surface area contributed by atoms with E-state index in [0.717, 1.165) is 23.5 Å². The van der Waals surface area contributed by atoms with Gasteiger partial charge in [0.05, 0.1) is 0 Å². The predicted octanol–water partition coefficient (Wildman–Crippen LogP) is 2.84. The molecule has 1 heterocycles. The average molecular weight is 295 g/mol. The second kappa shape index (κ2) is 5.37. The maximum Gasteiger partial charge on any atom is 0.231 e. The summed E-state index contributed by atoms with van der Waals surface area (Å²) in [5.74, 6) is 2.13. The van der Waals surface area contributed by atoms with E-state index in [1.54, 1.807) is 0 Å². The molecular weight excluding hydrogens is 278 g/mol. The highest BCUT2D eigenvalue weighted by Crippen LogP contribution is 2.47. The van der Waals surface area contributed by atoms with E-state index in [1.165, 1.54) is 5.56 Å². The predicted molar refractivity (Wildman–Crippen MR) is 81.7 cm³/mol. The number of amides is 1. The molecule has 2 aromatic carbocycles. The maximum absolute atomic E-state index is 12.2. The molecule has 4 nitrogen and oxygen atoms in total. The number of ether oxygens (including phenoxy) is 2. The third-order valence-corrected chi connectivity index (χ3v) is 4.26. The van der Waals surface area contributed by atoms with Crippen LogP contribution in [0.25, 0.3) is 0 Å². The Bertz CT molecular complexity index is 699. The summed E-state index contributed by atoms with van der Waals surface area (Å²) in [6, 6.07) is 16.0. The van der Waals surface area contributed by atoms with E-state index in [4.69, 9.17) is 9.47 Å². The number of carbonyl (C=O) groups excluding carboxylic acids is 1. The van der Waals surface area contributed by atoms with Crippen LogP contribution in [0, 0.1) is 5.92 Å². The molecule has 1 N–H and O–H groups in total. The zero-order valence-corrected chi connectivity index (χ0v) is 12.1. The molecule has 1 amide bonds. The molecule has 0 spiro atoms. The highest BCUT2D eigenvalue weighted by Gasteiger charge is 2.43. The van der Waals surface area contributed by atoms with E-state index < -0.39 is 0 Å². The van der Waals surface area contributed by atoms with E-state index in [9.17, 15) is 4.79 Å². The van der Waals surface area contributed by atoms with Gasteiger partial charge in [0.25, 0.3) is 0 Å². The monoisotopic (exact) mass is 295 g/mol. The first-order chi connectivity index (χ1) is 10.8. The lowest BCUT2D eigenvalue weighted by atomic mass is 10.1. The summed E-state index contributed by atoms with van der Waals surface area (Å²) in [4.78, 5) is 12.2. The van der Waals surface area contributed by atoms with Crippen LogP contribution in [0.1, 0.15) is 23.5 Å². The normalized spacial score (nSPS) is 21.5. The second-order valence-corrected chi connectivity index (χ2v) is 5.76. The Morgan fingerprint density at radius 1 is 1.09 bits per heavy atom. The van der Waals surface area contributed by atoms with E-state index in [1.807, 2.05) is 36.4 Å². The molecule has 2 atom stereocenters. The van der Waals surface area contributed by atoms with Crippen LogP contribution in [-0.4, -0.2) is 12.7 Å². The number of benzene rings is 2. The fourth-order valence-electron chi connectivity index (χ4n) is 2.92. The molecule has 1 fully saturated rings. The third-order valence-electron chi connectivity index (χ3n) is 4.26. The molecule has 2 aliphatic rings. The molecule has 1 aliphatic heterocycles. The minimum Gasteiger partial charge on any atom is -0.454 e. The summed E-state index contributed by atoms with van der Waals surface area (Å²) in [5, 5.41) is 3.02. The van der Waals surface area contributed by atoms with Crippen molar-refractivity contribution >= 4 is 5.91 Å². The van der Waals surface area contributed by atoms with Crippen LogP contribution in [0.4, 0.5) is 0 Å². The molecular formula is C18H17NO3. The van der Waals surface area contributed by atoms with Gasteiger partial charge in [-0.05, 0) is 35.6 Å². The van der Waals surface area contributed by atoms with Crippen molar-refractivity contribution in [1.29, 1.82) is 0 Å². The van der Waals surface area contributed by atoms with Gasteiger partial charge in [0.2, 0.25) is 12.7 Å². The van der Waals surface area contributed by atoms with Crippen molar-refractivity contribution in [2.24, 2.45) is 5.92 Å². The first kappa shape index (κ1) is 13.2. The maximum atomic E-state index is 12.2. The lowest BCUT2D eigenvalue weighted by molar-refractivity contribution is -0.122. The molecule has 0 bridgehead atoms. The minimum absolute atomic E-state index is 0.108. The molecule has 112 valence electrons. The average Bonchev–Trinajstić information content (AvgIpc) is 3.23. The van der Waals surface area contributed by atoms with E-state index in [2.05, 4.69) is 17.4 Å². The van der Waals surface area contributed by atoms with Gasteiger partial charge in [0.15, 0.2) is 11.5 Å². The zero-order chi connectivity index (χ0) is 14.9. The summed E-state index contributed by atoms with van der Waals surface area (Å²) >= 11 is 0. The number of fused-ring (bicyclic) bond motifs is 1. The van der Waals surface area contributed by atoms with Crippen molar-refractivity contribution in [2.75, 3.05) is 6.79 Å². The summed E-state index contributed by atoms with van der Waals surface area (Å²) in [5.41, 5.74) is 2.28. The molecule has 0 radical (unpaired) electrons. The lowest BCUT2D eigenvalue weighted by Crippen LogP contribution is -2.24. The summed E-state index contributed by atoms with van der Waals surface area (Å²) in [6.45, 7) is 0.791. The fourth-order valence-corrected chi connectivity index (χ4v) is 2.92. The highest BCUT2D eigenvalue weighted by molar-refractivity contribution is 5.82. The van der Waals surface area contributed by atoms with Crippen LogP contribution in [0.15, 0.2) is 48.5 Å². The van der Waals surface area contributed by atoms with E-state index in [-0.39, 0.29) is 18.6 Å². The number of carbonyl (C=O) groups is 1. The molecule has 1 aliphatic carbocycles. The van der Waals surface area contributed by atoms with Gasteiger partial charge in [-0.3, -0.25) is 4.79 Å². The van der Waals surface area contributed by atoms with Crippen molar-refractivity contribution in [3.05, 3.63) is 59.7 Å². The molecule has 2 aromatic rings. The van der Waals surface area contributed by atoms with Crippen LogP contribution >= 0.6 is 0 Å². The second-order valence-electron chi connectivity index (χ2n) is 5.76. The van der Waals surface area contributed by atoms with Crippen LogP contribution in [0.5, 0.6) is 11.5 Å². The molecule has 0 saturated heterocycles. The highest BCUT2D eigenvalue weighted by atomic mass is 16.7. The van der Waals surface area contributed by atoms with Crippen LogP contribution in [0.2, 0.25) is 0 Å². The number of hydrogen-bond acceptors (Lipinski definition) is 3. The Morgan fingerprint density at radius 3 is 2.77 bits per heavy atom. The van der Waals surface area contributed by atoms with Crippen molar-refractivity contribution in [1.82, 2.24) is 5.32 Å². The quantitative estimate of drug-likeness (QED) is 0.943. The number of nitrogens with one attached hydrogen (secondary N) is 1. The molecule has 22 heavy (non-hydrogen) atoms. The molecule has 4 heteroatoms. The van der Waals surface area contributed by atoms with Gasteiger partial charge in [-0.1, -0.05) is 36.4 Å². The van der Waals surface area contributed by atoms with E-state index in [0.29, 0.717) is 12.5 Å². The largest absolute Gasteiger partial charge is 0.454 e. The third kappa shape index (κ3) is 2.52. The van der Waals surface area contributed by atoms with Crippen LogP contribution in [0.3, 0.4) is 0 Å². The van der Waals surface area contributed by atoms with Gasteiger partial charge >= 0.3 is 0 Å². The fraction of sp³-hybridized carbons (Fsp3) is 0.278. The SMILES string of the molecule is O=C(NCc1ccc2c(c1)OCO2)[C@H]1C[C@@H]1c1ccccc1. The van der Waals surface area contributed by atoms with Gasteiger partial charge < -0.3 is 14.8 Å². The first-order valence-corrected chi connectivity index (χ1v) is 7.52. The van der Waals surface area contributed by atoms with Gasteiger partial charge in [-0.15, -0.1) is 0 Å². The van der Waals surface area contributed by atoms with Crippen molar-refractivity contribution < 1.29 is 14.3 Å². The molecule has 4 rings (SSSR count). The Labute approximate surface area is 129 Å². The van der Waals surface area contributed by atoms with Gasteiger partial charge in [0, 0.05) is 12.5 Å². The lowest BCUT2D eigenvalue weighted by Gasteiger charge is -2.06. The topological polar surface area (TPSA) is 47.6 Å². The van der Waals surface area contributed by atoms with Gasteiger partial charge in [-0.2, -0.15) is 0 Å². The van der Waals surface area contributed by atoms with Gasteiger partial charge in [0.1, 0.15) is 0 Å². The molecule has 0 aromatic heterocycles. The Kier molecular flexibility index (Phi) is 3.22. The zero-order valence-electron chi connectivity index (χ0n) is 12.1. The smallest absolute Gasteiger partial charge is 0.231 e. The first-order valence-electron chi connectivity index (χ1n) is 7.52. The number of rotatable bonds is 4. The standard InChI is InChI=1S/C18H17NO3/c20-18(15-9-14(15)13-4-2-1-3-5-13)19-10-12-6-7-16-17(8-12)22-11-21-16/h1-8,14-15H,9-11H2,(H,19,20)/t14-,15+/m1/s1. The van der Waals surface area contributed by atoms with Crippen LogP contribution < -0.4 is 14.8 Å². The van der Waals surface area contributed by atoms with E-state index >= 15 is 0 Å². The Morgan fingerprint density at radius 2 is 1.91 bits per heavy atom. The summed E-state index contributed by atoms with van der Waals surface area (Å²) < 4.78 is 10.6. The number of hydrogen-bond donors (Lipinski definition) is 1. The Hall–Kier alpha value is -2.49. The Balaban J connectivity index is 1.34. The van der Waals surface area contributed by atoms with Crippen molar-refractivity contribution in [3.8, 4) is 11.5 Å². The molecule has 1 saturated carbocycles. The molecule has 0 unspecified atom stereocenters. The summed E-state index contributed by atoms with van der Waals surface area (Å²) in [7, 11) is 0. The van der Waals surface area contributed by atoms with Crippen molar-refractivity contribution in [2.45, 2.75) is 18.9 Å². The summed E-state index contributed by atoms with van der Waals surface area (Å²) in [6.07, 6.45) is 0.941.